The van der Waals surface area contributed by atoms with Crippen LogP contribution in [0, 0.1) is 5.41 Å². The Balaban J connectivity index is 1.41. The van der Waals surface area contributed by atoms with Crippen LogP contribution in [0.5, 0.6) is 0 Å². The summed E-state index contributed by atoms with van der Waals surface area (Å²) in [6, 6.07) is 0.392. The number of carbonyl (C=O) groups excluding carboxylic acids is 2. The molecule has 1 saturated carbocycles. The Labute approximate surface area is 160 Å². The number of rotatable bonds is 3. The second-order valence-electron chi connectivity index (χ2n) is 8.79. The van der Waals surface area contributed by atoms with E-state index in [1.54, 1.807) is 0 Å². The predicted octanol–water partition coefficient (Wildman–Crippen LogP) is 1.71. The molecule has 3 amide bonds. The first kappa shape index (κ1) is 18.3. The van der Waals surface area contributed by atoms with Crippen LogP contribution in [0.1, 0.15) is 68.8 Å². The molecule has 1 spiro atoms. The van der Waals surface area contributed by atoms with Crippen molar-refractivity contribution in [1.29, 1.82) is 0 Å². The number of likely N-dealkylation sites (tertiary alicyclic amines) is 1. The van der Waals surface area contributed by atoms with Gasteiger partial charge in [0, 0.05) is 43.6 Å². The summed E-state index contributed by atoms with van der Waals surface area (Å²) < 4.78 is 1.97. The Morgan fingerprint density at radius 2 is 1.93 bits per heavy atom. The summed E-state index contributed by atoms with van der Waals surface area (Å²) >= 11 is 0. The summed E-state index contributed by atoms with van der Waals surface area (Å²) in [6.45, 7) is 6.11. The van der Waals surface area contributed by atoms with Crippen molar-refractivity contribution in [3.63, 3.8) is 0 Å². The molecule has 27 heavy (non-hydrogen) atoms. The molecule has 8 nitrogen and oxygen atoms in total. The van der Waals surface area contributed by atoms with Crippen molar-refractivity contribution in [3.05, 3.63) is 11.6 Å². The molecule has 2 aliphatic heterocycles. The topological polar surface area (TPSA) is 92.2 Å². The lowest BCUT2D eigenvalue weighted by Crippen LogP contribution is -2.43. The van der Waals surface area contributed by atoms with E-state index in [4.69, 9.17) is 0 Å². The summed E-state index contributed by atoms with van der Waals surface area (Å²) in [7, 11) is 0. The van der Waals surface area contributed by atoms with Crippen molar-refractivity contribution in [1.82, 2.24) is 30.3 Å². The van der Waals surface area contributed by atoms with E-state index in [0.29, 0.717) is 18.9 Å². The molecule has 2 fully saturated rings. The maximum Gasteiger partial charge on any atom is 0.317 e. The molecular formula is C19H30N6O2. The molecule has 148 valence electrons. The number of urea groups is 1. The van der Waals surface area contributed by atoms with Crippen LogP contribution >= 0.6 is 0 Å². The van der Waals surface area contributed by atoms with Gasteiger partial charge in [-0.3, -0.25) is 4.79 Å². The van der Waals surface area contributed by atoms with Crippen molar-refractivity contribution in [3.8, 4) is 0 Å². The Bertz CT molecular complexity index is 724. The first-order chi connectivity index (χ1) is 13.0. The lowest BCUT2D eigenvalue weighted by Gasteiger charge is -2.24. The van der Waals surface area contributed by atoms with Gasteiger partial charge in [-0.2, -0.15) is 0 Å². The van der Waals surface area contributed by atoms with Gasteiger partial charge in [-0.25, -0.2) is 4.79 Å². The summed E-state index contributed by atoms with van der Waals surface area (Å²) in [6.07, 6.45) is 7.44. The zero-order chi connectivity index (χ0) is 19.0. The summed E-state index contributed by atoms with van der Waals surface area (Å²) in [5.74, 6) is 1.19. The third-order valence-corrected chi connectivity index (χ3v) is 6.14. The molecule has 3 heterocycles. The summed E-state index contributed by atoms with van der Waals surface area (Å²) in [4.78, 5) is 26.9. The van der Waals surface area contributed by atoms with Crippen molar-refractivity contribution in [2.75, 3.05) is 13.1 Å². The fourth-order valence-electron chi connectivity index (χ4n) is 4.74. The molecular weight excluding hydrogens is 344 g/mol. The van der Waals surface area contributed by atoms with Crippen LogP contribution in [-0.4, -0.2) is 56.8 Å². The van der Waals surface area contributed by atoms with Crippen molar-refractivity contribution in [2.24, 2.45) is 5.41 Å². The van der Waals surface area contributed by atoms with E-state index in [1.807, 2.05) is 23.3 Å². The number of nitrogens with one attached hydrogen (secondary N) is 2. The first-order valence-electron chi connectivity index (χ1n) is 10.2. The van der Waals surface area contributed by atoms with E-state index in [9.17, 15) is 9.59 Å². The average Bonchev–Trinajstić information content (AvgIpc) is 3.30. The molecule has 0 unspecified atom stereocenters. The quantitative estimate of drug-likeness (QED) is 0.842. The van der Waals surface area contributed by atoms with Crippen LogP contribution in [0.15, 0.2) is 0 Å². The van der Waals surface area contributed by atoms with Gasteiger partial charge in [0.15, 0.2) is 0 Å². The third kappa shape index (κ3) is 3.66. The fraction of sp³-hybridized carbons (Fsp3) is 0.789. The van der Waals surface area contributed by atoms with E-state index in [-0.39, 0.29) is 29.4 Å². The smallest absolute Gasteiger partial charge is 0.317 e. The molecule has 0 bridgehead atoms. The Hall–Kier alpha value is -2.12. The van der Waals surface area contributed by atoms with Gasteiger partial charge < -0.3 is 20.1 Å². The number of carbonyl (C=O) groups is 2. The highest BCUT2D eigenvalue weighted by atomic mass is 16.2. The van der Waals surface area contributed by atoms with Gasteiger partial charge in [-0.05, 0) is 33.1 Å². The molecule has 1 aromatic heterocycles. The van der Waals surface area contributed by atoms with Gasteiger partial charge in [0.1, 0.15) is 5.82 Å². The van der Waals surface area contributed by atoms with Gasteiger partial charge in [0.05, 0.1) is 0 Å². The van der Waals surface area contributed by atoms with Crippen LogP contribution in [0.3, 0.4) is 0 Å². The number of aromatic nitrogens is 3. The average molecular weight is 374 g/mol. The molecule has 4 rings (SSSR count). The first-order valence-corrected chi connectivity index (χ1v) is 10.2. The largest absolute Gasteiger partial charge is 0.347 e. The maximum absolute atomic E-state index is 12.7. The highest BCUT2D eigenvalue weighted by Gasteiger charge is 2.46. The number of amides is 3. The van der Waals surface area contributed by atoms with E-state index in [1.165, 1.54) is 19.3 Å². The molecule has 2 N–H and O–H groups in total. The minimum atomic E-state index is -0.106. The predicted molar refractivity (Wildman–Crippen MR) is 100 cm³/mol. The van der Waals surface area contributed by atoms with Crippen molar-refractivity contribution in [2.45, 2.75) is 77.4 Å². The maximum atomic E-state index is 12.7. The molecule has 3 aliphatic rings. The van der Waals surface area contributed by atoms with E-state index in [2.05, 4.69) is 20.8 Å². The van der Waals surface area contributed by atoms with Gasteiger partial charge in [0.25, 0.3) is 5.91 Å². The summed E-state index contributed by atoms with van der Waals surface area (Å²) in [5, 5.41) is 14.6. The van der Waals surface area contributed by atoms with E-state index < -0.39 is 0 Å². The van der Waals surface area contributed by atoms with Gasteiger partial charge in [-0.15, -0.1) is 10.2 Å². The van der Waals surface area contributed by atoms with E-state index in [0.717, 1.165) is 38.1 Å². The molecule has 8 heteroatoms. The molecule has 1 atom stereocenters. The third-order valence-electron chi connectivity index (χ3n) is 6.14. The minimum absolute atomic E-state index is 0.000180. The van der Waals surface area contributed by atoms with Crippen LogP contribution in [0.4, 0.5) is 4.79 Å². The summed E-state index contributed by atoms with van der Waals surface area (Å²) in [5.41, 5.74) is -0.0144. The van der Waals surface area contributed by atoms with E-state index >= 15 is 0 Å². The number of nitrogens with zero attached hydrogens (tertiary/aromatic N) is 4. The zero-order valence-electron chi connectivity index (χ0n) is 16.3. The van der Waals surface area contributed by atoms with Crippen molar-refractivity contribution < 1.29 is 9.59 Å². The monoisotopic (exact) mass is 374 g/mol. The van der Waals surface area contributed by atoms with Crippen LogP contribution in [0.25, 0.3) is 0 Å². The highest BCUT2D eigenvalue weighted by molar-refractivity contribution is 5.91. The molecule has 1 aliphatic carbocycles. The van der Waals surface area contributed by atoms with Gasteiger partial charge >= 0.3 is 6.03 Å². The van der Waals surface area contributed by atoms with Crippen LogP contribution in [-0.2, 0) is 13.0 Å². The van der Waals surface area contributed by atoms with Crippen molar-refractivity contribution >= 4 is 11.9 Å². The molecule has 1 saturated heterocycles. The Morgan fingerprint density at radius 3 is 2.67 bits per heavy atom. The Kier molecular flexibility index (Phi) is 4.82. The lowest BCUT2D eigenvalue weighted by molar-refractivity contribution is 0.0910. The SMILES string of the molecule is CC(C)NC(=O)N1CC[C@@]2(Cc3nnc(C(=O)NC4CCCCC4)n3C2)C1. The van der Waals surface area contributed by atoms with Crippen LogP contribution in [0.2, 0.25) is 0 Å². The standard InChI is InChI=1S/C19H30N6O2/c1-13(2)20-18(27)24-9-8-19(11-24)10-15-22-23-16(25(15)12-19)17(26)21-14-6-4-3-5-7-14/h13-14H,3-12H2,1-2H3,(H,20,27)(H,21,26)/t19-/m1/s1. The molecule has 0 aromatic carbocycles. The highest BCUT2D eigenvalue weighted by Crippen LogP contribution is 2.40. The molecule has 1 aromatic rings. The van der Waals surface area contributed by atoms with Crippen LogP contribution < -0.4 is 10.6 Å². The lowest BCUT2D eigenvalue weighted by atomic mass is 9.86. The minimum Gasteiger partial charge on any atom is -0.347 e. The fourth-order valence-corrected chi connectivity index (χ4v) is 4.74. The number of hydrogen-bond acceptors (Lipinski definition) is 4. The van der Waals surface area contributed by atoms with Gasteiger partial charge in [0.2, 0.25) is 5.82 Å². The zero-order valence-corrected chi connectivity index (χ0v) is 16.3. The molecule has 0 radical (unpaired) electrons. The van der Waals surface area contributed by atoms with Gasteiger partial charge in [-0.1, -0.05) is 19.3 Å². The number of hydrogen-bond donors (Lipinski definition) is 2. The second kappa shape index (κ2) is 7.13. The normalized spacial score (nSPS) is 25.2. The Morgan fingerprint density at radius 1 is 1.15 bits per heavy atom. The second-order valence-corrected chi connectivity index (χ2v) is 8.79. The number of fused-ring (bicyclic) bond motifs is 1.